The number of methoxy groups -OCH3 is 2. The first kappa shape index (κ1) is 14.6. The Morgan fingerprint density at radius 2 is 2.15 bits per heavy atom. The van der Waals surface area contributed by atoms with E-state index in [9.17, 15) is 4.79 Å². The minimum Gasteiger partial charge on any atom is -0.493 e. The number of halogens is 1. The van der Waals surface area contributed by atoms with Crippen LogP contribution in [-0.4, -0.2) is 25.1 Å². The summed E-state index contributed by atoms with van der Waals surface area (Å²) in [6.45, 7) is 0. The second-order valence-electron chi connectivity index (χ2n) is 3.96. The van der Waals surface area contributed by atoms with Gasteiger partial charge in [0.15, 0.2) is 11.5 Å². The minimum absolute atomic E-state index is 0.131. The lowest BCUT2D eigenvalue weighted by Gasteiger charge is -2.10. The predicted molar refractivity (Wildman–Crippen MR) is 78.6 cm³/mol. The van der Waals surface area contributed by atoms with Crippen LogP contribution in [0.4, 0.5) is 0 Å². The van der Waals surface area contributed by atoms with Gasteiger partial charge >= 0.3 is 0 Å². The fraction of sp³-hybridized carbons (Fsp3) is 0.231. The highest BCUT2D eigenvalue weighted by Crippen LogP contribution is 2.39. The van der Waals surface area contributed by atoms with E-state index < -0.39 is 5.91 Å². The number of thiazole rings is 1. The lowest BCUT2D eigenvalue weighted by Crippen LogP contribution is -2.13. The highest BCUT2D eigenvalue weighted by atomic mass is 35.5. The second-order valence-corrected chi connectivity index (χ2v) is 5.31. The molecule has 2 rings (SSSR count). The van der Waals surface area contributed by atoms with Gasteiger partial charge in [0.2, 0.25) is 5.91 Å². The van der Waals surface area contributed by atoms with E-state index in [1.54, 1.807) is 12.1 Å². The second kappa shape index (κ2) is 6.11. The normalized spacial score (nSPS) is 10.3. The summed E-state index contributed by atoms with van der Waals surface area (Å²) in [6, 6.07) is 3.53. The molecule has 1 aromatic heterocycles. The van der Waals surface area contributed by atoms with Crippen molar-refractivity contribution < 1.29 is 14.3 Å². The van der Waals surface area contributed by atoms with Crippen LogP contribution >= 0.6 is 22.9 Å². The van der Waals surface area contributed by atoms with E-state index in [2.05, 4.69) is 4.98 Å². The monoisotopic (exact) mass is 312 g/mol. The number of hydrogen-bond acceptors (Lipinski definition) is 5. The molecule has 5 nitrogen and oxygen atoms in total. The van der Waals surface area contributed by atoms with Gasteiger partial charge in [0, 0.05) is 10.9 Å². The van der Waals surface area contributed by atoms with Crippen molar-refractivity contribution in [2.24, 2.45) is 5.73 Å². The summed E-state index contributed by atoms with van der Waals surface area (Å²) in [6.07, 6.45) is 0.131. The molecule has 2 aromatic rings. The Morgan fingerprint density at radius 1 is 1.40 bits per heavy atom. The largest absolute Gasteiger partial charge is 0.493 e. The molecule has 2 N–H and O–H groups in total. The molecule has 0 saturated carbocycles. The van der Waals surface area contributed by atoms with E-state index >= 15 is 0 Å². The Labute approximate surface area is 125 Å². The van der Waals surface area contributed by atoms with Crippen molar-refractivity contribution in [3.05, 3.63) is 27.5 Å². The van der Waals surface area contributed by atoms with Crippen molar-refractivity contribution in [3.8, 4) is 22.8 Å². The predicted octanol–water partition coefficient (Wildman–Crippen LogP) is 2.51. The highest BCUT2D eigenvalue weighted by Gasteiger charge is 2.14. The molecule has 0 aliphatic carbocycles. The van der Waals surface area contributed by atoms with Crippen molar-refractivity contribution in [1.29, 1.82) is 0 Å². The van der Waals surface area contributed by atoms with E-state index in [0.717, 1.165) is 5.56 Å². The van der Waals surface area contributed by atoms with Crippen molar-refractivity contribution in [1.82, 2.24) is 4.98 Å². The van der Waals surface area contributed by atoms with E-state index in [-0.39, 0.29) is 6.42 Å². The van der Waals surface area contributed by atoms with Crippen LogP contribution in [0.5, 0.6) is 11.5 Å². The SMILES string of the molecule is COc1cc(-c2csc(CC(N)=O)n2)cc(Cl)c1OC. The van der Waals surface area contributed by atoms with Crippen LogP contribution < -0.4 is 15.2 Å². The van der Waals surface area contributed by atoms with Crippen molar-refractivity contribution in [2.45, 2.75) is 6.42 Å². The van der Waals surface area contributed by atoms with E-state index in [1.165, 1.54) is 25.6 Å². The van der Waals surface area contributed by atoms with Gasteiger partial charge < -0.3 is 15.2 Å². The maximum atomic E-state index is 10.9. The van der Waals surface area contributed by atoms with Crippen LogP contribution in [0.15, 0.2) is 17.5 Å². The molecule has 0 unspecified atom stereocenters. The maximum absolute atomic E-state index is 10.9. The summed E-state index contributed by atoms with van der Waals surface area (Å²) in [5.74, 6) is 0.598. The summed E-state index contributed by atoms with van der Waals surface area (Å²) in [5, 5.41) is 2.94. The topological polar surface area (TPSA) is 74.4 Å². The number of hydrogen-bond donors (Lipinski definition) is 1. The number of carbonyl (C=O) groups excluding carboxylic acids is 1. The first-order chi connectivity index (χ1) is 9.55. The van der Waals surface area contributed by atoms with Gasteiger partial charge in [-0.15, -0.1) is 11.3 Å². The lowest BCUT2D eigenvalue weighted by atomic mass is 10.1. The molecule has 0 bridgehead atoms. The highest BCUT2D eigenvalue weighted by molar-refractivity contribution is 7.10. The van der Waals surface area contributed by atoms with Crippen LogP contribution in [-0.2, 0) is 11.2 Å². The standard InChI is InChI=1S/C13H13ClN2O3S/c1-18-10-4-7(3-8(14)13(10)19-2)9-6-20-12(16-9)5-11(15)17/h3-4,6H,5H2,1-2H3,(H2,15,17). The Balaban J connectivity index is 2.40. The molecule has 1 amide bonds. The van der Waals surface area contributed by atoms with Crippen molar-refractivity contribution in [2.75, 3.05) is 14.2 Å². The number of ether oxygens (including phenoxy) is 2. The van der Waals surface area contributed by atoms with Gasteiger partial charge in [-0.25, -0.2) is 4.98 Å². The summed E-state index contributed by atoms with van der Waals surface area (Å²) in [7, 11) is 3.06. The Hall–Kier alpha value is -1.79. The molecule has 7 heteroatoms. The fourth-order valence-electron chi connectivity index (χ4n) is 1.74. The fourth-order valence-corrected chi connectivity index (χ4v) is 2.84. The summed E-state index contributed by atoms with van der Waals surface area (Å²) in [4.78, 5) is 15.2. The molecular weight excluding hydrogens is 300 g/mol. The first-order valence-corrected chi connectivity index (χ1v) is 6.95. The maximum Gasteiger partial charge on any atom is 0.224 e. The molecule has 0 aliphatic rings. The number of amides is 1. The molecule has 0 fully saturated rings. The zero-order valence-corrected chi connectivity index (χ0v) is 12.5. The number of nitrogens with two attached hydrogens (primary N) is 1. The third-order valence-electron chi connectivity index (χ3n) is 2.61. The number of benzene rings is 1. The Morgan fingerprint density at radius 3 is 2.75 bits per heavy atom. The van der Waals surface area contributed by atoms with E-state index in [4.69, 9.17) is 26.8 Å². The van der Waals surface area contributed by atoms with Gasteiger partial charge in [-0.3, -0.25) is 4.79 Å². The number of nitrogens with zero attached hydrogens (tertiary/aromatic N) is 1. The average Bonchev–Trinajstić information content (AvgIpc) is 2.85. The van der Waals surface area contributed by atoms with Crippen molar-refractivity contribution in [3.63, 3.8) is 0 Å². The van der Waals surface area contributed by atoms with Crippen LogP contribution in [0.2, 0.25) is 5.02 Å². The third kappa shape index (κ3) is 3.02. The quantitative estimate of drug-likeness (QED) is 0.920. The minimum atomic E-state index is -0.406. The number of primary amides is 1. The number of carbonyl (C=O) groups is 1. The van der Waals surface area contributed by atoms with Crippen LogP contribution in [0, 0.1) is 0 Å². The van der Waals surface area contributed by atoms with Crippen LogP contribution in [0.3, 0.4) is 0 Å². The Kier molecular flexibility index (Phi) is 4.46. The summed E-state index contributed by atoms with van der Waals surface area (Å²) < 4.78 is 10.4. The van der Waals surface area contributed by atoms with Gasteiger partial charge in [0.25, 0.3) is 0 Å². The molecule has 0 radical (unpaired) electrons. The zero-order chi connectivity index (χ0) is 14.7. The van der Waals surface area contributed by atoms with Gasteiger partial charge in [-0.2, -0.15) is 0 Å². The van der Waals surface area contributed by atoms with Gasteiger partial charge in [0.05, 0.1) is 31.4 Å². The third-order valence-corrected chi connectivity index (χ3v) is 3.74. The smallest absolute Gasteiger partial charge is 0.224 e. The molecule has 0 saturated heterocycles. The molecule has 1 heterocycles. The lowest BCUT2D eigenvalue weighted by molar-refractivity contribution is -0.117. The summed E-state index contributed by atoms with van der Waals surface area (Å²) >= 11 is 7.53. The van der Waals surface area contributed by atoms with Crippen LogP contribution in [0.25, 0.3) is 11.3 Å². The van der Waals surface area contributed by atoms with Gasteiger partial charge in [0.1, 0.15) is 5.01 Å². The number of aromatic nitrogens is 1. The molecule has 106 valence electrons. The van der Waals surface area contributed by atoms with Crippen molar-refractivity contribution >= 4 is 28.8 Å². The zero-order valence-electron chi connectivity index (χ0n) is 11.0. The van der Waals surface area contributed by atoms with Crippen LogP contribution in [0.1, 0.15) is 5.01 Å². The molecule has 0 spiro atoms. The van der Waals surface area contributed by atoms with Gasteiger partial charge in [-0.1, -0.05) is 11.6 Å². The molecule has 0 atom stereocenters. The molecule has 0 aliphatic heterocycles. The van der Waals surface area contributed by atoms with E-state index in [0.29, 0.717) is 27.2 Å². The Bertz CT molecular complexity index is 643. The van der Waals surface area contributed by atoms with E-state index in [1.807, 2.05) is 5.38 Å². The summed E-state index contributed by atoms with van der Waals surface area (Å²) in [5.41, 5.74) is 6.66. The molecule has 1 aromatic carbocycles. The number of rotatable bonds is 5. The van der Waals surface area contributed by atoms with Gasteiger partial charge in [-0.05, 0) is 12.1 Å². The molecule has 20 heavy (non-hydrogen) atoms. The molecular formula is C13H13ClN2O3S. The average molecular weight is 313 g/mol. The first-order valence-electron chi connectivity index (χ1n) is 5.69.